The second kappa shape index (κ2) is 5.82. The lowest BCUT2D eigenvalue weighted by atomic mass is 10.1. The topological polar surface area (TPSA) is 99.2 Å². The van der Waals surface area contributed by atoms with Gasteiger partial charge in [0.25, 0.3) is 5.69 Å². The third kappa shape index (κ3) is 3.74. The zero-order valence-electron chi connectivity index (χ0n) is 9.38. The van der Waals surface area contributed by atoms with Gasteiger partial charge in [0.1, 0.15) is 11.6 Å². The van der Waals surface area contributed by atoms with Gasteiger partial charge in [0.15, 0.2) is 0 Å². The number of hydrogen-bond donors (Lipinski definition) is 2. The summed E-state index contributed by atoms with van der Waals surface area (Å²) in [6, 6.07) is 6.05. The molecule has 0 aliphatic rings. The number of aliphatic hydroxyl groups excluding tert-OH is 1. The molecule has 0 bridgehead atoms. The van der Waals surface area contributed by atoms with Gasteiger partial charge >= 0.3 is 0 Å². The summed E-state index contributed by atoms with van der Waals surface area (Å²) in [5.41, 5.74) is 0.457. The van der Waals surface area contributed by atoms with E-state index in [-0.39, 0.29) is 11.3 Å². The minimum absolute atomic E-state index is 0.0250. The minimum Gasteiger partial charge on any atom is -0.393 e. The molecule has 1 rings (SSSR count). The highest BCUT2D eigenvalue weighted by Crippen LogP contribution is 2.21. The molecule has 0 aliphatic carbocycles. The zero-order chi connectivity index (χ0) is 12.8. The number of rotatable bonds is 5. The van der Waals surface area contributed by atoms with E-state index in [4.69, 9.17) is 10.4 Å². The molecule has 90 valence electrons. The molecule has 2 N–H and O–H groups in total. The summed E-state index contributed by atoms with van der Waals surface area (Å²) >= 11 is 0. The molecule has 1 unspecified atom stereocenters. The third-order valence-electron chi connectivity index (χ3n) is 2.20. The van der Waals surface area contributed by atoms with Crippen LogP contribution < -0.4 is 5.32 Å². The number of benzene rings is 1. The van der Waals surface area contributed by atoms with Crippen molar-refractivity contribution < 1.29 is 10.0 Å². The Kier molecular flexibility index (Phi) is 4.43. The van der Waals surface area contributed by atoms with Crippen molar-refractivity contribution in [3.63, 3.8) is 0 Å². The van der Waals surface area contributed by atoms with Crippen molar-refractivity contribution in [2.24, 2.45) is 0 Å². The Morgan fingerprint density at radius 2 is 2.35 bits per heavy atom. The Morgan fingerprint density at radius 3 is 2.88 bits per heavy atom. The van der Waals surface area contributed by atoms with E-state index in [1.165, 1.54) is 12.1 Å². The Labute approximate surface area is 98.6 Å². The SMILES string of the molecule is CC(O)CCNc1ccc([N+](=O)[O-])c(C#N)c1. The number of nitro benzene ring substituents is 1. The smallest absolute Gasteiger partial charge is 0.287 e. The maximum Gasteiger partial charge on any atom is 0.287 e. The highest BCUT2D eigenvalue weighted by Gasteiger charge is 2.13. The second-order valence-corrected chi connectivity index (χ2v) is 3.67. The molecule has 0 heterocycles. The fraction of sp³-hybridized carbons (Fsp3) is 0.364. The van der Waals surface area contributed by atoms with Crippen molar-refractivity contribution >= 4 is 11.4 Å². The lowest BCUT2D eigenvalue weighted by Gasteiger charge is -2.08. The molecule has 0 amide bonds. The van der Waals surface area contributed by atoms with Gasteiger partial charge in [0.05, 0.1) is 11.0 Å². The highest BCUT2D eigenvalue weighted by atomic mass is 16.6. The first-order valence-electron chi connectivity index (χ1n) is 5.15. The van der Waals surface area contributed by atoms with Crippen LogP contribution >= 0.6 is 0 Å². The maximum atomic E-state index is 10.6. The average Bonchev–Trinajstić information content (AvgIpc) is 2.28. The molecule has 0 saturated heterocycles. The van der Waals surface area contributed by atoms with Gasteiger partial charge in [0.2, 0.25) is 0 Å². The van der Waals surface area contributed by atoms with E-state index in [0.29, 0.717) is 18.7 Å². The summed E-state index contributed by atoms with van der Waals surface area (Å²) in [4.78, 5) is 10.0. The predicted octanol–water partition coefficient (Wildman–Crippen LogP) is 1.65. The maximum absolute atomic E-state index is 10.6. The second-order valence-electron chi connectivity index (χ2n) is 3.67. The summed E-state index contributed by atoms with van der Waals surface area (Å²) in [6.45, 7) is 2.22. The van der Waals surface area contributed by atoms with Gasteiger partial charge in [0, 0.05) is 18.3 Å². The van der Waals surface area contributed by atoms with E-state index in [0.717, 1.165) is 0 Å². The lowest BCUT2D eigenvalue weighted by molar-refractivity contribution is -0.385. The Balaban J connectivity index is 2.77. The van der Waals surface area contributed by atoms with Crippen LogP contribution in [0.25, 0.3) is 0 Å². The van der Waals surface area contributed by atoms with Crippen LogP contribution in [0.3, 0.4) is 0 Å². The molecule has 1 atom stereocenters. The number of nitrogens with zero attached hydrogens (tertiary/aromatic N) is 2. The van der Waals surface area contributed by atoms with Crippen molar-refractivity contribution in [2.75, 3.05) is 11.9 Å². The molecule has 1 aromatic rings. The van der Waals surface area contributed by atoms with Crippen LogP contribution in [0.5, 0.6) is 0 Å². The van der Waals surface area contributed by atoms with Crippen molar-refractivity contribution in [3.05, 3.63) is 33.9 Å². The Hall–Kier alpha value is -2.13. The van der Waals surface area contributed by atoms with Gasteiger partial charge in [-0.3, -0.25) is 10.1 Å². The number of anilines is 1. The van der Waals surface area contributed by atoms with Gasteiger partial charge in [-0.15, -0.1) is 0 Å². The number of nitrogens with one attached hydrogen (secondary N) is 1. The molecule has 6 nitrogen and oxygen atoms in total. The number of nitro groups is 1. The quantitative estimate of drug-likeness (QED) is 0.597. The van der Waals surface area contributed by atoms with Gasteiger partial charge in [-0.2, -0.15) is 5.26 Å². The number of nitriles is 1. The molecule has 17 heavy (non-hydrogen) atoms. The summed E-state index contributed by atoms with van der Waals surface area (Å²) in [5.74, 6) is 0. The van der Waals surface area contributed by atoms with Gasteiger partial charge in [-0.05, 0) is 25.5 Å². The van der Waals surface area contributed by atoms with Crippen LogP contribution in [0.2, 0.25) is 0 Å². The van der Waals surface area contributed by atoms with E-state index in [1.54, 1.807) is 19.1 Å². The van der Waals surface area contributed by atoms with Crippen LogP contribution in [-0.2, 0) is 0 Å². The molecule has 0 aliphatic heterocycles. The van der Waals surface area contributed by atoms with E-state index in [9.17, 15) is 10.1 Å². The van der Waals surface area contributed by atoms with E-state index in [2.05, 4.69) is 5.32 Å². The summed E-state index contributed by atoms with van der Waals surface area (Å²) in [6.07, 6.45) is 0.162. The van der Waals surface area contributed by atoms with Gasteiger partial charge < -0.3 is 10.4 Å². The van der Waals surface area contributed by atoms with Crippen molar-refractivity contribution in [2.45, 2.75) is 19.4 Å². The number of aliphatic hydroxyl groups is 1. The molecule has 0 spiro atoms. The van der Waals surface area contributed by atoms with Crippen molar-refractivity contribution in [1.29, 1.82) is 5.26 Å². The molecular formula is C11H13N3O3. The molecule has 6 heteroatoms. The van der Waals surface area contributed by atoms with Crippen LogP contribution in [0, 0.1) is 21.4 Å². The largest absolute Gasteiger partial charge is 0.393 e. The highest BCUT2D eigenvalue weighted by molar-refractivity contribution is 5.58. The Morgan fingerprint density at radius 1 is 1.65 bits per heavy atom. The van der Waals surface area contributed by atoms with Crippen molar-refractivity contribution in [3.8, 4) is 6.07 Å². The standard InChI is InChI=1S/C11H13N3O3/c1-8(15)4-5-13-10-2-3-11(14(16)17)9(6-10)7-12/h2-3,6,8,13,15H,4-5H2,1H3. The zero-order valence-corrected chi connectivity index (χ0v) is 9.38. The molecular weight excluding hydrogens is 222 g/mol. The van der Waals surface area contributed by atoms with E-state index in [1.807, 2.05) is 0 Å². The molecule has 1 aromatic carbocycles. The van der Waals surface area contributed by atoms with E-state index < -0.39 is 11.0 Å². The Bertz CT molecular complexity index is 452. The van der Waals surface area contributed by atoms with Crippen LogP contribution in [0.1, 0.15) is 18.9 Å². The number of hydrogen-bond acceptors (Lipinski definition) is 5. The lowest BCUT2D eigenvalue weighted by Crippen LogP contribution is -2.09. The van der Waals surface area contributed by atoms with Crippen LogP contribution in [0.4, 0.5) is 11.4 Å². The first-order valence-corrected chi connectivity index (χ1v) is 5.15. The summed E-state index contributed by atoms with van der Waals surface area (Å²) < 4.78 is 0. The van der Waals surface area contributed by atoms with Crippen molar-refractivity contribution in [1.82, 2.24) is 0 Å². The fourth-order valence-corrected chi connectivity index (χ4v) is 1.32. The monoisotopic (exact) mass is 235 g/mol. The van der Waals surface area contributed by atoms with E-state index >= 15 is 0 Å². The molecule has 0 radical (unpaired) electrons. The van der Waals surface area contributed by atoms with Gasteiger partial charge in [-0.1, -0.05) is 0 Å². The van der Waals surface area contributed by atoms with Crippen LogP contribution in [-0.4, -0.2) is 22.7 Å². The minimum atomic E-state index is -0.585. The first kappa shape index (κ1) is 12.9. The summed E-state index contributed by atoms with van der Waals surface area (Å²) in [5, 5.41) is 31.4. The third-order valence-corrected chi connectivity index (χ3v) is 2.20. The predicted molar refractivity (Wildman–Crippen MR) is 62.6 cm³/mol. The van der Waals surface area contributed by atoms with Gasteiger partial charge in [-0.25, -0.2) is 0 Å². The molecule has 0 saturated carbocycles. The first-order chi connectivity index (χ1) is 8.04. The molecule has 0 aromatic heterocycles. The average molecular weight is 235 g/mol. The fourth-order valence-electron chi connectivity index (χ4n) is 1.32. The normalized spacial score (nSPS) is 11.6. The summed E-state index contributed by atoms with van der Waals surface area (Å²) in [7, 11) is 0. The molecule has 0 fully saturated rings. The van der Waals surface area contributed by atoms with Crippen LogP contribution in [0.15, 0.2) is 18.2 Å².